The highest BCUT2D eigenvalue weighted by Gasteiger charge is 2.20. The van der Waals surface area contributed by atoms with Crippen LogP contribution in [0.25, 0.3) is 0 Å². The van der Waals surface area contributed by atoms with Crippen LogP contribution in [0.2, 0.25) is 0 Å². The maximum Gasteiger partial charge on any atom is 0.142 e. The molecule has 1 aliphatic rings. The van der Waals surface area contributed by atoms with Crippen molar-refractivity contribution in [2.45, 2.75) is 11.3 Å². The van der Waals surface area contributed by atoms with E-state index in [-0.39, 0.29) is 0 Å². The van der Waals surface area contributed by atoms with Gasteiger partial charge < -0.3 is 5.32 Å². The zero-order valence-electron chi connectivity index (χ0n) is 8.06. The van der Waals surface area contributed by atoms with Crippen molar-refractivity contribution in [1.29, 1.82) is 0 Å². The van der Waals surface area contributed by atoms with Crippen LogP contribution in [0.15, 0.2) is 27.6 Å². The van der Waals surface area contributed by atoms with Gasteiger partial charge in [0.25, 0.3) is 0 Å². The lowest BCUT2D eigenvalue weighted by Crippen LogP contribution is -2.06. The largest absolute Gasteiger partial charge is 0.372 e. The van der Waals surface area contributed by atoms with E-state index >= 15 is 0 Å². The monoisotopic (exact) mass is 211 g/mol. The van der Waals surface area contributed by atoms with Crippen LogP contribution in [0, 0.1) is 0 Å². The molecule has 5 heteroatoms. The fraction of sp³-hybridized carbons (Fsp3) is 0.444. The summed E-state index contributed by atoms with van der Waals surface area (Å²) < 4.78 is 16.5. The molecule has 0 saturated carbocycles. The summed E-state index contributed by atoms with van der Waals surface area (Å²) >= 11 is 0. The molecule has 0 aliphatic carbocycles. The highest BCUT2D eigenvalue weighted by molar-refractivity contribution is 7.94. The Labute approximate surface area is 83.9 Å². The molecular formula is C9H13N3OS. The van der Waals surface area contributed by atoms with Crippen molar-refractivity contribution in [3.05, 3.63) is 18.3 Å². The Kier molecular flexibility index (Phi) is 2.41. The lowest BCUT2D eigenvalue weighted by atomic mass is 10.5. The molecule has 2 rings (SSSR count). The van der Waals surface area contributed by atoms with Crippen molar-refractivity contribution in [3.63, 3.8) is 0 Å². The second-order valence-corrected chi connectivity index (χ2v) is 5.54. The molecule has 0 fully saturated rings. The number of nitrogens with zero attached hydrogens (tertiary/aromatic N) is 2. The van der Waals surface area contributed by atoms with Gasteiger partial charge in [-0.05, 0) is 18.6 Å². The first-order valence-corrected chi connectivity index (χ1v) is 6.28. The average molecular weight is 211 g/mol. The molecule has 0 radical (unpaired) electrons. The molecule has 2 heterocycles. The summed E-state index contributed by atoms with van der Waals surface area (Å²) in [5, 5.41) is 2.95. The number of nitrogens with one attached hydrogen (secondary N) is 1. The van der Waals surface area contributed by atoms with E-state index in [1.54, 1.807) is 19.3 Å². The van der Waals surface area contributed by atoms with Gasteiger partial charge in [0.2, 0.25) is 0 Å². The molecule has 0 unspecified atom stereocenters. The van der Waals surface area contributed by atoms with Crippen LogP contribution in [0.1, 0.15) is 6.42 Å². The number of anilines is 1. The Balaban J connectivity index is 2.56. The van der Waals surface area contributed by atoms with Gasteiger partial charge in [-0.2, -0.15) is 0 Å². The fourth-order valence-corrected chi connectivity index (χ4v) is 3.73. The van der Waals surface area contributed by atoms with Crippen molar-refractivity contribution in [2.75, 3.05) is 24.7 Å². The zero-order valence-corrected chi connectivity index (χ0v) is 8.88. The zero-order chi connectivity index (χ0) is 10.0. The number of hydrogen-bond acceptors (Lipinski definition) is 4. The van der Waals surface area contributed by atoms with E-state index in [1.807, 2.05) is 6.07 Å². The molecule has 0 spiro atoms. The van der Waals surface area contributed by atoms with Gasteiger partial charge in [0.1, 0.15) is 5.82 Å². The SMILES string of the molecule is CNc1ncccc1[S@@]1(=O)=NCCC1. The Hall–Kier alpha value is -1.10. The number of rotatable bonds is 2. The molecule has 1 N–H and O–H groups in total. The average Bonchev–Trinajstić information content (AvgIpc) is 2.66. The molecule has 0 bridgehead atoms. The van der Waals surface area contributed by atoms with E-state index in [0.29, 0.717) is 18.1 Å². The van der Waals surface area contributed by atoms with Gasteiger partial charge in [-0.1, -0.05) is 0 Å². The topological polar surface area (TPSA) is 54.4 Å². The summed E-state index contributed by atoms with van der Waals surface area (Å²) in [6.45, 7) is 0.705. The first-order chi connectivity index (χ1) is 6.76. The van der Waals surface area contributed by atoms with Crippen LogP contribution in [-0.2, 0) is 9.73 Å². The summed E-state index contributed by atoms with van der Waals surface area (Å²) in [4.78, 5) is 4.89. The van der Waals surface area contributed by atoms with E-state index in [1.165, 1.54) is 0 Å². The number of aromatic nitrogens is 1. The third-order valence-electron chi connectivity index (χ3n) is 2.23. The fourth-order valence-electron chi connectivity index (χ4n) is 1.55. The molecule has 1 atom stereocenters. The minimum atomic E-state index is -2.18. The van der Waals surface area contributed by atoms with E-state index in [9.17, 15) is 4.21 Å². The third kappa shape index (κ3) is 1.48. The number of hydrogen-bond donors (Lipinski definition) is 1. The summed E-state index contributed by atoms with van der Waals surface area (Å²) in [7, 11) is -0.394. The highest BCUT2D eigenvalue weighted by atomic mass is 32.2. The van der Waals surface area contributed by atoms with E-state index < -0.39 is 9.73 Å². The van der Waals surface area contributed by atoms with Gasteiger partial charge in [-0.3, -0.25) is 0 Å². The van der Waals surface area contributed by atoms with Gasteiger partial charge in [-0.15, -0.1) is 0 Å². The van der Waals surface area contributed by atoms with Crippen LogP contribution >= 0.6 is 0 Å². The third-order valence-corrected chi connectivity index (χ3v) is 4.69. The van der Waals surface area contributed by atoms with Crippen LogP contribution in [0.5, 0.6) is 0 Å². The smallest absolute Gasteiger partial charge is 0.142 e. The minimum absolute atomic E-state index is 0.660. The molecule has 1 aromatic rings. The summed E-state index contributed by atoms with van der Waals surface area (Å²) in [5.41, 5.74) is 0. The predicted molar refractivity (Wildman–Crippen MR) is 57.0 cm³/mol. The Morgan fingerprint density at radius 3 is 3.07 bits per heavy atom. The predicted octanol–water partition coefficient (Wildman–Crippen LogP) is 1.35. The Bertz CT molecular complexity index is 449. The maximum absolute atomic E-state index is 12.3. The molecule has 1 aromatic heterocycles. The van der Waals surface area contributed by atoms with E-state index in [0.717, 1.165) is 11.3 Å². The highest BCUT2D eigenvalue weighted by Crippen LogP contribution is 2.24. The molecule has 76 valence electrons. The van der Waals surface area contributed by atoms with Crippen molar-refractivity contribution in [2.24, 2.45) is 4.36 Å². The van der Waals surface area contributed by atoms with Gasteiger partial charge in [0, 0.05) is 25.5 Å². The van der Waals surface area contributed by atoms with Crippen molar-refractivity contribution < 1.29 is 4.21 Å². The van der Waals surface area contributed by atoms with Crippen LogP contribution in [0.3, 0.4) is 0 Å². The first kappa shape index (κ1) is 9.45. The normalized spacial score (nSPS) is 25.8. The lowest BCUT2D eigenvalue weighted by molar-refractivity contribution is 0.678. The van der Waals surface area contributed by atoms with Crippen LogP contribution < -0.4 is 5.32 Å². The Morgan fingerprint density at radius 1 is 1.57 bits per heavy atom. The summed E-state index contributed by atoms with van der Waals surface area (Å²) in [5.74, 6) is 1.34. The first-order valence-electron chi connectivity index (χ1n) is 4.60. The second-order valence-electron chi connectivity index (χ2n) is 3.15. The summed E-state index contributed by atoms with van der Waals surface area (Å²) in [6.07, 6.45) is 2.60. The summed E-state index contributed by atoms with van der Waals surface area (Å²) in [6, 6.07) is 3.65. The maximum atomic E-state index is 12.3. The Morgan fingerprint density at radius 2 is 2.43 bits per heavy atom. The van der Waals surface area contributed by atoms with Crippen molar-refractivity contribution in [1.82, 2.24) is 4.98 Å². The van der Waals surface area contributed by atoms with Crippen LogP contribution in [0.4, 0.5) is 5.82 Å². The molecular weight excluding hydrogens is 198 g/mol. The molecule has 0 aromatic carbocycles. The standard InChI is InChI=1S/C9H13N3OS/c1-10-9-8(4-2-5-11-9)14(13)7-3-6-12-14/h2,4-5H,3,6-7H2,1H3,(H,10,11)/t14-/m1/s1. The van der Waals surface area contributed by atoms with E-state index in [2.05, 4.69) is 14.7 Å². The number of pyridine rings is 1. The molecule has 4 nitrogen and oxygen atoms in total. The molecule has 0 amide bonds. The van der Waals surface area contributed by atoms with Gasteiger partial charge in [0.05, 0.1) is 14.6 Å². The molecule has 14 heavy (non-hydrogen) atoms. The molecule has 0 saturated heterocycles. The van der Waals surface area contributed by atoms with Gasteiger partial charge in [0.15, 0.2) is 0 Å². The quantitative estimate of drug-likeness (QED) is 0.803. The minimum Gasteiger partial charge on any atom is -0.372 e. The molecule has 1 aliphatic heterocycles. The van der Waals surface area contributed by atoms with Gasteiger partial charge in [-0.25, -0.2) is 13.6 Å². The van der Waals surface area contributed by atoms with Crippen LogP contribution in [-0.4, -0.2) is 28.5 Å². The second kappa shape index (κ2) is 3.57. The van der Waals surface area contributed by atoms with Gasteiger partial charge >= 0.3 is 0 Å². The van der Waals surface area contributed by atoms with Crippen molar-refractivity contribution in [3.8, 4) is 0 Å². The lowest BCUT2D eigenvalue weighted by Gasteiger charge is -2.08. The van der Waals surface area contributed by atoms with E-state index in [4.69, 9.17) is 0 Å². The van der Waals surface area contributed by atoms with Crippen molar-refractivity contribution >= 4 is 15.5 Å².